The van der Waals surface area contributed by atoms with Crippen molar-refractivity contribution in [3.8, 4) is 11.8 Å². The van der Waals surface area contributed by atoms with E-state index in [4.69, 9.17) is 14.7 Å². The molecule has 98 valence electrons. The summed E-state index contributed by atoms with van der Waals surface area (Å²) in [5, 5.41) is 9.33. The van der Waals surface area contributed by atoms with Crippen LogP contribution in [0.2, 0.25) is 0 Å². The number of fused-ring (bicyclic) bond motifs is 1. The molecule has 0 radical (unpaired) electrons. The van der Waals surface area contributed by atoms with E-state index in [0.717, 1.165) is 5.39 Å². The normalized spacial score (nSPS) is 10.4. The maximum Gasteiger partial charge on any atom is 0.352 e. The van der Waals surface area contributed by atoms with E-state index in [0.29, 0.717) is 15.5 Å². The summed E-state index contributed by atoms with van der Waals surface area (Å²) in [4.78, 5) is 17.2. The van der Waals surface area contributed by atoms with Crippen LogP contribution in [0, 0.1) is 11.3 Å². The minimum absolute atomic E-state index is 0.122. The number of ether oxygens (including phenoxy) is 2. The van der Waals surface area contributed by atoms with E-state index in [9.17, 15) is 4.79 Å². The topological polar surface area (TPSA) is 72.2 Å². The monoisotopic (exact) mass is 276 g/mol. The van der Waals surface area contributed by atoms with Gasteiger partial charge in [-0.25, -0.2) is 9.78 Å². The smallest absolute Gasteiger partial charge is 0.352 e. The van der Waals surface area contributed by atoms with Gasteiger partial charge in [-0.3, -0.25) is 0 Å². The fourth-order valence-corrected chi connectivity index (χ4v) is 2.53. The highest BCUT2D eigenvalue weighted by atomic mass is 32.1. The molecule has 0 saturated carbocycles. The molecular formula is C13H12N2O3S. The largest absolute Gasteiger partial charge is 0.476 e. The molecule has 2 aromatic heterocycles. The molecule has 0 fully saturated rings. The fraction of sp³-hybridized carbons (Fsp3) is 0.308. The van der Waals surface area contributed by atoms with Crippen LogP contribution in [0.4, 0.5) is 0 Å². The van der Waals surface area contributed by atoms with E-state index in [1.807, 2.05) is 6.07 Å². The number of carbonyl (C=O) groups excluding carboxylic acids is 1. The number of esters is 1. The molecule has 19 heavy (non-hydrogen) atoms. The van der Waals surface area contributed by atoms with Crippen molar-refractivity contribution in [1.82, 2.24) is 4.98 Å². The molecule has 0 unspecified atom stereocenters. The van der Waals surface area contributed by atoms with Gasteiger partial charge in [0, 0.05) is 6.20 Å². The van der Waals surface area contributed by atoms with Crippen molar-refractivity contribution in [1.29, 1.82) is 5.26 Å². The Hall–Kier alpha value is -2.13. The zero-order valence-electron chi connectivity index (χ0n) is 10.5. The minimum Gasteiger partial charge on any atom is -0.476 e. The van der Waals surface area contributed by atoms with Crippen molar-refractivity contribution in [3.05, 3.63) is 23.2 Å². The first-order chi connectivity index (χ1) is 9.13. The van der Waals surface area contributed by atoms with Gasteiger partial charge < -0.3 is 9.47 Å². The highest BCUT2D eigenvalue weighted by Gasteiger charge is 2.22. The van der Waals surface area contributed by atoms with Crippen LogP contribution < -0.4 is 4.74 Å². The number of aromatic nitrogens is 1. The summed E-state index contributed by atoms with van der Waals surface area (Å²) in [5.74, 6) is -0.0776. The third kappa shape index (κ3) is 2.83. The summed E-state index contributed by atoms with van der Waals surface area (Å²) < 4.78 is 10.5. The molecule has 0 aliphatic rings. The van der Waals surface area contributed by atoms with Gasteiger partial charge in [-0.2, -0.15) is 5.26 Å². The number of pyridine rings is 1. The van der Waals surface area contributed by atoms with E-state index >= 15 is 0 Å². The van der Waals surface area contributed by atoms with Gasteiger partial charge in [0.05, 0.1) is 11.5 Å². The Morgan fingerprint density at radius 2 is 2.37 bits per heavy atom. The van der Waals surface area contributed by atoms with Crippen molar-refractivity contribution in [2.45, 2.75) is 20.0 Å². The van der Waals surface area contributed by atoms with Crippen molar-refractivity contribution >= 4 is 27.5 Å². The average molecular weight is 276 g/mol. The lowest BCUT2D eigenvalue weighted by Gasteiger charge is -2.08. The first kappa shape index (κ1) is 13.3. The maximum absolute atomic E-state index is 12.0. The SMILES string of the molecule is CC(C)OC(=O)c1sc2ncccc2c1OCC#N. The molecule has 0 aliphatic heterocycles. The highest BCUT2D eigenvalue weighted by Crippen LogP contribution is 2.37. The van der Waals surface area contributed by atoms with Crippen molar-refractivity contribution < 1.29 is 14.3 Å². The minimum atomic E-state index is -0.453. The van der Waals surface area contributed by atoms with Crippen LogP contribution >= 0.6 is 11.3 Å². The third-order valence-corrected chi connectivity index (χ3v) is 3.30. The molecule has 0 aliphatic carbocycles. The van der Waals surface area contributed by atoms with Gasteiger partial charge in [0.2, 0.25) is 0 Å². The summed E-state index contributed by atoms with van der Waals surface area (Å²) >= 11 is 1.20. The Morgan fingerprint density at radius 3 is 3.05 bits per heavy atom. The maximum atomic E-state index is 12.0. The molecule has 2 rings (SSSR count). The number of nitrogens with zero attached hydrogens (tertiary/aromatic N) is 2. The lowest BCUT2D eigenvalue weighted by atomic mass is 10.3. The van der Waals surface area contributed by atoms with E-state index in [1.165, 1.54) is 11.3 Å². The molecule has 0 atom stereocenters. The fourth-order valence-electron chi connectivity index (χ4n) is 1.56. The second kappa shape index (κ2) is 5.67. The van der Waals surface area contributed by atoms with Crippen LogP contribution in [0.3, 0.4) is 0 Å². The third-order valence-electron chi connectivity index (χ3n) is 2.23. The van der Waals surface area contributed by atoms with Crippen LogP contribution in [0.25, 0.3) is 10.2 Å². The van der Waals surface area contributed by atoms with Crippen LogP contribution in [-0.4, -0.2) is 23.7 Å². The molecule has 0 amide bonds. The van der Waals surface area contributed by atoms with Crippen LogP contribution in [0.1, 0.15) is 23.5 Å². The quantitative estimate of drug-likeness (QED) is 0.803. The summed E-state index contributed by atoms with van der Waals surface area (Å²) in [5.41, 5.74) is 0. The number of hydrogen-bond acceptors (Lipinski definition) is 6. The van der Waals surface area contributed by atoms with Gasteiger partial charge in [-0.05, 0) is 26.0 Å². The van der Waals surface area contributed by atoms with Crippen molar-refractivity contribution in [2.24, 2.45) is 0 Å². The molecule has 5 nitrogen and oxygen atoms in total. The zero-order valence-corrected chi connectivity index (χ0v) is 11.4. The molecule has 0 aromatic carbocycles. The standard InChI is InChI=1S/C13H12N2O3S/c1-8(2)18-13(16)11-10(17-7-5-14)9-4-3-6-15-12(9)19-11/h3-4,6,8H,7H2,1-2H3. The Bertz CT molecular complexity index is 643. The van der Waals surface area contributed by atoms with Crippen LogP contribution in [0.5, 0.6) is 5.75 Å². The van der Waals surface area contributed by atoms with Gasteiger partial charge in [-0.15, -0.1) is 11.3 Å². The second-order valence-electron chi connectivity index (χ2n) is 4.02. The first-order valence-electron chi connectivity index (χ1n) is 5.71. The van der Waals surface area contributed by atoms with Gasteiger partial charge in [0.25, 0.3) is 0 Å². The van der Waals surface area contributed by atoms with Crippen LogP contribution in [-0.2, 0) is 4.74 Å². The molecule has 0 saturated heterocycles. The zero-order chi connectivity index (χ0) is 13.8. The number of hydrogen-bond donors (Lipinski definition) is 0. The van der Waals surface area contributed by atoms with Gasteiger partial charge in [-0.1, -0.05) is 0 Å². The number of rotatable bonds is 4. The number of thiophene rings is 1. The van der Waals surface area contributed by atoms with E-state index in [-0.39, 0.29) is 12.7 Å². The second-order valence-corrected chi connectivity index (χ2v) is 5.02. The molecular weight excluding hydrogens is 264 g/mol. The number of nitriles is 1. The first-order valence-corrected chi connectivity index (χ1v) is 6.53. The molecule has 0 spiro atoms. The van der Waals surface area contributed by atoms with Crippen molar-refractivity contribution in [3.63, 3.8) is 0 Å². The van der Waals surface area contributed by atoms with Crippen molar-refractivity contribution in [2.75, 3.05) is 6.61 Å². The summed E-state index contributed by atoms with van der Waals surface area (Å²) in [7, 11) is 0. The average Bonchev–Trinajstić information content (AvgIpc) is 2.74. The Kier molecular flexibility index (Phi) is 3.97. The van der Waals surface area contributed by atoms with Gasteiger partial charge >= 0.3 is 5.97 Å². The summed E-state index contributed by atoms with van der Waals surface area (Å²) in [6, 6.07) is 5.45. The lowest BCUT2D eigenvalue weighted by Crippen LogP contribution is -2.11. The number of carbonyl (C=O) groups is 1. The Morgan fingerprint density at radius 1 is 1.58 bits per heavy atom. The molecule has 0 bridgehead atoms. The van der Waals surface area contributed by atoms with E-state index in [2.05, 4.69) is 4.98 Å². The summed E-state index contributed by atoms with van der Waals surface area (Å²) in [6.07, 6.45) is 1.43. The molecule has 2 heterocycles. The highest BCUT2D eigenvalue weighted by molar-refractivity contribution is 7.20. The van der Waals surface area contributed by atoms with E-state index < -0.39 is 5.97 Å². The molecule has 0 N–H and O–H groups in total. The van der Waals surface area contributed by atoms with E-state index in [1.54, 1.807) is 32.2 Å². The Balaban J connectivity index is 2.46. The predicted molar refractivity (Wildman–Crippen MR) is 71.3 cm³/mol. The molecule has 2 aromatic rings. The summed E-state index contributed by atoms with van der Waals surface area (Å²) in [6.45, 7) is 3.43. The Labute approximate surface area is 114 Å². The van der Waals surface area contributed by atoms with Gasteiger partial charge in [0.1, 0.15) is 10.9 Å². The molecule has 6 heteroatoms. The van der Waals surface area contributed by atoms with Crippen LogP contribution in [0.15, 0.2) is 18.3 Å². The predicted octanol–water partition coefficient (Wildman–Crippen LogP) is 2.76. The lowest BCUT2D eigenvalue weighted by molar-refractivity contribution is 0.0380. The van der Waals surface area contributed by atoms with Gasteiger partial charge in [0.15, 0.2) is 17.2 Å².